The first kappa shape index (κ1) is 12.5. The summed E-state index contributed by atoms with van der Waals surface area (Å²) >= 11 is 1.26. The number of thiophene rings is 1. The molecule has 1 aromatic heterocycles. The van der Waals surface area contributed by atoms with Crippen LogP contribution < -0.4 is 5.73 Å². The van der Waals surface area contributed by atoms with Gasteiger partial charge in [-0.05, 0) is 18.4 Å². The van der Waals surface area contributed by atoms with Crippen molar-refractivity contribution in [1.29, 1.82) is 0 Å². The monoisotopic (exact) mass is 255 g/mol. The molecule has 17 heavy (non-hydrogen) atoms. The molecule has 0 aromatic carbocycles. The van der Waals surface area contributed by atoms with Gasteiger partial charge in [0, 0.05) is 36.6 Å². The molecule has 5 nitrogen and oxygen atoms in total. The third-order valence-corrected chi connectivity index (χ3v) is 4.00. The largest absolute Gasteiger partial charge is 0.327 e. The fourth-order valence-corrected chi connectivity index (χ4v) is 3.27. The van der Waals surface area contributed by atoms with Crippen LogP contribution in [0.2, 0.25) is 0 Å². The molecule has 0 saturated carbocycles. The minimum Gasteiger partial charge on any atom is -0.327 e. The van der Waals surface area contributed by atoms with Gasteiger partial charge in [0.1, 0.15) is 0 Å². The van der Waals surface area contributed by atoms with Crippen molar-refractivity contribution >= 4 is 16.3 Å². The van der Waals surface area contributed by atoms with Gasteiger partial charge in [-0.1, -0.05) is 18.3 Å². The van der Waals surface area contributed by atoms with E-state index in [0.29, 0.717) is 5.92 Å². The standard InChI is InChI=1S/C11H17N3O2S/c1-8-4-9(12)6-13(5-8)7-10-2-3-11(17-10)14(15)16/h2-3,8-9H,4-7,12H2,1H3. The van der Waals surface area contributed by atoms with Crippen LogP contribution in [0.4, 0.5) is 5.00 Å². The predicted octanol–water partition coefficient (Wildman–Crippen LogP) is 1.83. The molecule has 1 aliphatic rings. The molecule has 1 fully saturated rings. The zero-order chi connectivity index (χ0) is 12.4. The van der Waals surface area contributed by atoms with Gasteiger partial charge >= 0.3 is 5.00 Å². The Morgan fingerprint density at radius 2 is 2.35 bits per heavy atom. The van der Waals surface area contributed by atoms with Gasteiger partial charge in [-0.2, -0.15) is 0 Å². The zero-order valence-corrected chi connectivity index (χ0v) is 10.7. The van der Waals surface area contributed by atoms with Gasteiger partial charge in [-0.3, -0.25) is 15.0 Å². The van der Waals surface area contributed by atoms with Crippen molar-refractivity contribution in [3.8, 4) is 0 Å². The second-order valence-electron chi connectivity index (χ2n) is 4.79. The highest BCUT2D eigenvalue weighted by Gasteiger charge is 2.23. The highest BCUT2D eigenvalue weighted by Crippen LogP contribution is 2.26. The lowest BCUT2D eigenvalue weighted by Crippen LogP contribution is -2.45. The zero-order valence-electron chi connectivity index (χ0n) is 9.83. The first-order valence-electron chi connectivity index (χ1n) is 5.75. The summed E-state index contributed by atoms with van der Waals surface area (Å²) in [5.74, 6) is 0.605. The summed E-state index contributed by atoms with van der Waals surface area (Å²) in [5.41, 5.74) is 5.98. The Morgan fingerprint density at radius 3 is 2.94 bits per heavy atom. The van der Waals surface area contributed by atoms with Gasteiger partial charge in [-0.15, -0.1) is 0 Å². The van der Waals surface area contributed by atoms with Crippen molar-refractivity contribution in [2.24, 2.45) is 11.7 Å². The number of nitrogens with zero attached hydrogens (tertiary/aromatic N) is 2. The molecule has 0 bridgehead atoms. The smallest absolute Gasteiger partial charge is 0.324 e. The Hall–Kier alpha value is -0.980. The molecule has 0 radical (unpaired) electrons. The Labute approximate surface area is 104 Å². The van der Waals surface area contributed by atoms with Crippen molar-refractivity contribution in [3.05, 3.63) is 27.1 Å². The Balaban J connectivity index is 1.97. The van der Waals surface area contributed by atoms with Crippen LogP contribution in [0, 0.1) is 16.0 Å². The molecule has 94 valence electrons. The first-order chi connectivity index (χ1) is 8.04. The maximum atomic E-state index is 10.6. The summed E-state index contributed by atoms with van der Waals surface area (Å²) in [6, 6.07) is 3.65. The lowest BCUT2D eigenvalue weighted by atomic mass is 9.97. The number of piperidine rings is 1. The molecule has 2 N–H and O–H groups in total. The molecule has 1 aromatic rings. The molecule has 1 aliphatic heterocycles. The van der Waals surface area contributed by atoms with E-state index in [9.17, 15) is 10.1 Å². The molecular formula is C11H17N3O2S. The number of hydrogen-bond acceptors (Lipinski definition) is 5. The van der Waals surface area contributed by atoms with Gasteiger partial charge in [0.25, 0.3) is 0 Å². The average molecular weight is 255 g/mol. The number of likely N-dealkylation sites (tertiary alicyclic amines) is 1. The first-order valence-corrected chi connectivity index (χ1v) is 6.57. The topological polar surface area (TPSA) is 72.4 Å². The highest BCUT2D eigenvalue weighted by molar-refractivity contribution is 7.15. The Kier molecular flexibility index (Phi) is 3.76. The minimum absolute atomic E-state index is 0.217. The van der Waals surface area contributed by atoms with E-state index in [1.165, 1.54) is 11.3 Å². The van der Waals surface area contributed by atoms with Gasteiger partial charge in [-0.25, -0.2) is 0 Å². The van der Waals surface area contributed by atoms with Crippen molar-refractivity contribution in [3.63, 3.8) is 0 Å². The van der Waals surface area contributed by atoms with Crippen LogP contribution in [0.5, 0.6) is 0 Å². The van der Waals surface area contributed by atoms with Crippen molar-refractivity contribution in [2.45, 2.75) is 25.9 Å². The summed E-state index contributed by atoms with van der Waals surface area (Å²) in [5, 5.41) is 10.8. The van der Waals surface area contributed by atoms with Crippen LogP contribution in [-0.2, 0) is 6.54 Å². The average Bonchev–Trinajstić information content (AvgIpc) is 2.64. The third-order valence-electron chi connectivity index (χ3n) is 2.97. The van der Waals surface area contributed by atoms with Crippen LogP contribution >= 0.6 is 11.3 Å². The van der Waals surface area contributed by atoms with E-state index < -0.39 is 0 Å². The molecule has 0 amide bonds. The van der Waals surface area contributed by atoms with Crippen molar-refractivity contribution in [1.82, 2.24) is 4.90 Å². The van der Waals surface area contributed by atoms with E-state index in [0.717, 1.165) is 30.9 Å². The van der Waals surface area contributed by atoms with Crippen LogP contribution in [0.15, 0.2) is 12.1 Å². The van der Waals surface area contributed by atoms with Crippen LogP contribution in [-0.4, -0.2) is 29.0 Å². The van der Waals surface area contributed by atoms with Crippen LogP contribution in [0.1, 0.15) is 18.2 Å². The van der Waals surface area contributed by atoms with E-state index >= 15 is 0 Å². The van der Waals surface area contributed by atoms with E-state index in [-0.39, 0.29) is 16.0 Å². The molecule has 6 heteroatoms. The maximum Gasteiger partial charge on any atom is 0.324 e. The van der Waals surface area contributed by atoms with Crippen LogP contribution in [0.3, 0.4) is 0 Å². The highest BCUT2D eigenvalue weighted by atomic mass is 32.1. The minimum atomic E-state index is -0.335. The van der Waals surface area contributed by atoms with Crippen LogP contribution in [0.25, 0.3) is 0 Å². The molecule has 0 spiro atoms. The lowest BCUT2D eigenvalue weighted by molar-refractivity contribution is -0.380. The molecule has 2 unspecified atom stereocenters. The SMILES string of the molecule is CC1CC(N)CN(Cc2ccc([N+](=O)[O-])s2)C1. The van der Waals surface area contributed by atoms with Gasteiger partial charge < -0.3 is 5.73 Å². The van der Waals surface area contributed by atoms with E-state index in [2.05, 4.69) is 11.8 Å². The fraction of sp³-hybridized carbons (Fsp3) is 0.636. The third kappa shape index (κ3) is 3.24. The summed E-state index contributed by atoms with van der Waals surface area (Å²) < 4.78 is 0. The fourth-order valence-electron chi connectivity index (χ4n) is 2.41. The van der Waals surface area contributed by atoms with Crippen molar-refractivity contribution in [2.75, 3.05) is 13.1 Å². The number of nitro groups is 1. The van der Waals surface area contributed by atoms with Gasteiger partial charge in [0.15, 0.2) is 0 Å². The molecule has 2 rings (SSSR count). The summed E-state index contributed by atoms with van der Waals surface area (Å²) in [6.45, 7) is 4.88. The Bertz CT molecular complexity index is 397. The molecule has 2 heterocycles. The van der Waals surface area contributed by atoms with E-state index in [1.54, 1.807) is 6.07 Å². The second-order valence-corrected chi connectivity index (χ2v) is 5.94. The molecule has 1 saturated heterocycles. The quantitative estimate of drug-likeness (QED) is 0.660. The molecule has 0 aliphatic carbocycles. The Morgan fingerprint density at radius 1 is 1.59 bits per heavy atom. The number of hydrogen-bond donors (Lipinski definition) is 1. The number of nitrogens with two attached hydrogens (primary N) is 1. The summed E-state index contributed by atoms with van der Waals surface area (Å²) in [7, 11) is 0. The van der Waals surface area contributed by atoms with E-state index in [4.69, 9.17) is 5.73 Å². The van der Waals surface area contributed by atoms with Crippen molar-refractivity contribution < 1.29 is 4.92 Å². The summed E-state index contributed by atoms with van der Waals surface area (Å²) in [4.78, 5) is 13.6. The lowest BCUT2D eigenvalue weighted by Gasteiger charge is -2.34. The second kappa shape index (κ2) is 5.12. The predicted molar refractivity (Wildman–Crippen MR) is 68.0 cm³/mol. The van der Waals surface area contributed by atoms with Gasteiger partial charge in [0.2, 0.25) is 0 Å². The van der Waals surface area contributed by atoms with E-state index in [1.807, 2.05) is 6.07 Å². The maximum absolute atomic E-state index is 10.6. The molecule has 2 atom stereocenters. The molecular weight excluding hydrogens is 238 g/mol. The normalized spacial score (nSPS) is 26.0. The number of rotatable bonds is 3. The summed E-state index contributed by atoms with van der Waals surface area (Å²) in [6.07, 6.45) is 1.07. The van der Waals surface area contributed by atoms with Gasteiger partial charge in [0.05, 0.1) is 4.92 Å².